The zero-order valence-electron chi connectivity index (χ0n) is 17.7. The first-order chi connectivity index (χ1) is 16.1. The average Bonchev–Trinajstić information content (AvgIpc) is 2.85. The smallest absolute Gasteiger partial charge is 0.124 e. The van der Waals surface area contributed by atoms with Crippen LogP contribution in [0.4, 0.5) is 0 Å². The summed E-state index contributed by atoms with van der Waals surface area (Å²) in [6, 6.07) is 32.3. The Hall–Kier alpha value is -4.50. The minimum Gasteiger partial charge on any atom is -0.507 e. The van der Waals surface area contributed by atoms with Gasteiger partial charge < -0.3 is 15.3 Å². The molecule has 0 fully saturated rings. The number of phenols is 3. The highest BCUT2D eigenvalue weighted by atomic mass is 16.3. The van der Waals surface area contributed by atoms with Crippen molar-refractivity contribution in [2.45, 2.75) is 0 Å². The maximum Gasteiger partial charge on any atom is 0.124 e. The molecule has 3 N–H and O–H groups in total. The van der Waals surface area contributed by atoms with Crippen LogP contribution in [-0.4, -0.2) is 15.3 Å². The fourth-order valence-corrected chi connectivity index (χ4v) is 4.89. The third-order valence-electron chi connectivity index (χ3n) is 6.39. The molecule has 158 valence electrons. The molecule has 0 heterocycles. The Morgan fingerprint density at radius 2 is 1.00 bits per heavy atom. The van der Waals surface area contributed by atoms with Crippen LogP contribution in [0.5, 0.6) is 17.2 Å². The van der Waals surface area contributed by atoms with Crippen LogP contribution < -0.4 is 0 Å². The topological polar surface area (TPSA) is 60.7 Å². The quantitative estimate of drug-likeness (QED) is 0.266. The molecule has 0 saturated heterocycles. The Balaban J connectivity index is 1.73. The highest BCUT2D eigenvalue weighted by Gasteiger charge is 2.18. The van der Waals surface area contributed by atoms with Gasteiger partial charge in [0.05, 0.1) is 0 Å². The number of rotatable bonds is 2. The number of phenolic OH excluding ortho intramolecular Hbond substituents is 3. The van der Waals surface area contributed by atoms with E-state index in [2.05, 4.69) is 0 Å². The maximum absolute atomic E-state index is 11.0. The molecule has 0 radical (unpaired) electrons. The average molecular weight is 428 g/mol. The van der Waals surface area contributed by atoms with Gasteiger partial charge >= 0.3 is 0 Å². The first kappa shape index (κ1) is 19.2. The molecule has 6 aromatic rings. The van der Waals surface area contributed by atoms with Gasteiger partial charge in [-0.25, -0.2) is 0 Å². The summed E-state index contributed by atoms with van der Waals surface area (Å²) in [5.41, 5.74) is 3.37. The Morgan fingerprint density at radius 3 is 1.85 bits per heavy atom. The van der Waals surface area contributed by atoms with Gasteiger partial charge in [0.25, 0.3) is 0 Å². The molecular formula is C30H20O3. The molecule has 0 unspecified atom stereocenters. The van der Waals surface area contributed by atoms with Crippen LogP contribution in [0.1, 0.15) is 0 Å². The summed E-state index contributed by atoms with van der Waals surface area (Å²) >= 11 is 0. The van der Waals surface area contributed by atoms with Crippen molar-refractivity contribution in [1.82, 2.24) is 0 Å². The molecule has 0 aliphatic heterocycles. The highest BCUT2D eigenvalue weighted by molar-refractivity contribution is 6.15. The summed E-state index contributed by atoms with van der Waals surface area (Å²) < 4.78 is 0. The van der Waals surface area contributed by atoms with Crippen molar-refractivity contribution < 1.29 is 15.3 Å². The van der Waals surface area contributed by atoms with E-state index in [0.717, 1.165) is 49.2 Å². The molecule has 0 aromatic heterocycles. The number of benzene rings is 6. The lowest BCUT2D eigenvalue weighted by Gasteiger charge is -2.17. The lowest BCUT2D eigenvalue weighted by atomic mass is 9.88. The lowest BCUT2D eigenvalue weighted by Crippen LogP contribution is -1.90. The fourth-order valence-electron chi connectivity index (χ4n) is 4.89. The minimum absolute atomic E-state index is 0.168. The van der Waals surface area contributed by atoms with Crippen LogP contribution in [0.2, 0.25) is 0 Å². The largest absolute Gasteiger partial charge is 0.507 e. The lowest BCUT2D eigenvalue weighted by molar-refractivity contribution is 0.478. The van der Waals surface area contributed by atoms with Gasteiger partial charge in [0.1, 0.15) is 17.2 Å². The van der Waals surface area contributed by atoms with E-state index in [1.807, 2.05) is 84.9 Å². The number of hydrogen-bond donors (Lipinski definition) is 3. The predicted octanol–water partition coefficient (Wildman–Crippen LogP) is 7.60. The second-order valence-corrected chi connectivity index (χ2v) is 8.22. The molecule has 0 aliphatic carbocycles. The Kier molecular flexibility index (Phi) is 4.24. The van der Waals surface area contributed by atoms with Gasteiger partial charge in [0.2, 0.25) is 0 Å². The molecule has 0 bridgehead atoms. The van der Waals surface area contributed by atoms with Crippen molar-refractivity contribution in [3.63, 3.8) is 0 Å². The second-order valence-electron chi connectivity index (χ2n) is 8.22. The van der Waals surface area contributed by atoms with Gasteiger partial charge in [-0.15, -0.1) is 0 Å². The summed E-state index contributed by atoms with van der Waals surface area (Å²) in [7, 11) is 0. The van der Waals surface area contributed by atoms with E-state index in [4.69, 9.17) is 0 Å². The molecular weight excluding hydrogens is 408 g/mol. The van der Waals surface area contributed by atoms with E-state index in [0.29, 0.717) is 5.39 Å². The summed E-state index contributed by atoms with van der Waals surface area (Å²) in [4.78, 5) is 0. The monoisotopic (exact) mass is 428 g/mol. The summed E-state index contributed by atoms with van der Waals surface area (Å²) in [5.74, 6) is 0.586. The summed E-state index contributed by atoms with van der Waals surface area (Å²) in [5, 5.41) is 37.4. The zero-order chi connectivity index (χ0) is 22.5. The van der Waals surface area contributed by atoms with E-state index in [9.17, 15) is 15.3 Å². The van der Waals surface area contributed by atoms with Crippen molar-refractivity contribution in [2.75, 3.05) is 0 Å². The summed E-state index contributed by atoms with van der Waals surface area (Å²) in [6.45, 7) is 0. The summed E-state index contributed by atoms with van der Waals surface area (Å²) in [6.07, 6.45) is 0. The number of fused-ring (bicyclic) bond motifs is 3. The van der Waals surface area contributed by atoms with Crippen LogP contribution in [0.15, 0.2) is 103 Å². The molecule has 0 amide bonds. The number of aromatic hydroxyl groups is 3. The Morgan fingerprint density at radius 1 is 0.364 bits per heavy atom. The molecule has 6 rings (SSSR count). The molecule has 3 nitrogen and oxygen atoms in total. The fraction of sp³-hybridized carbons (Fsp3) is 0. The predicted molar refractivity (Wildman–Crippen MR) is 135 cm³/mol. The zero-order valence-corrected chi connectivity index (χ0v) is 17.7. The van der Waals surface area contributed by atoms with E-state index in [1.165, 1.54) is 0 Å². The minimum atomic E-state index is 0.168. The van der Waals surface area contributed by atoms with Crippen molar-refractivity contribution in [2.24, 2.45) is 0 Å². The van der Waals surface area contributed by atoms with E-state index in [1.54, 1.807) is 18.2 Å². The standard InChI is InChI=1S/C30H20O3/c31-26-17-15-21(20-8-3-4-9-22(20)26)24-13-14-25(23-10-5-11-27(32)30(23)24)29-19-7-2-1-6-18(19)12-16-28(29)33/h1-17,31-33H. The molecule has 0 aliphatic rings. The maximum atomic E-state index is 11.0. The molecule has 0 atom stereocenters. The van der Waals surface area contributed by atoms with Gasteiger partial charge in [0.15, 0.2) is 0 Å². The second kappa shape index (κ2) is 7.28. The SMILES string of the molecule is Oc1ccc2ccccc2c1-c1ccc(-c2ccc(O)c3ccccc23)c2c(O)cccc12. The van der Waals surface area contributed by atoms with E-state index >= 15 is 0 Å². The Labute approximate surface area is 190 Å². The normalized spacial score (nSPS) is 11.4. The van der Waals surface area contributed by atoms with Gasteiger partial charge in [-0.2, -0.15) is 0 Å². The molecule has 6 aromatic carbocycles. The molecule has 33 heavy (non-hydrogen) atoms. The van der Waals surface area contributed by atoms with Crippen LogP contribution in [0, 0.1) is 0 Å². The number of hydrogen-bond acceptors (Lipinski definition) is 3. The van der Waals surface area contributed by atoms with Gasteiger partial charge in [-0.1, -0.05) is 84.9 Å². The third-order valence-corrected chi connectivity index (χ3v) is 6.39. The van der Waals surface area contributed by atoms with Crippen LogP contribution >= 0.6 is 0 Å². The molecule has 0 saturated carbocycles. The Bertz CT molecular complexity index is 1700. The van der Waals surface area contributed by atoms with Crippen LogP contribution in [0.25, 0.3) is 54.6 Å². The van der Waals surface area contributed by atoms with Crippen LogP contribution in [-0.2, 0) is 0 Å². The first-order valence-electron chi connectivity index (χ1n) is 10.8. The van der Waals surface area contributed by atoms with Crippen molar-refractivity contribution in [1.29, 1.82) is 0 Å². The highest BCUT2D eigenvalue weighted by Crippen LogP contribution is 2.46. The van der Waals surface area contributed by atoms with Gasteiger partial charge in [0, 0.05) is 16.3 Å². The van der Waals surface area contributed by atoms with Gasteiger partial charge in [-0.3, -0.25) is 0 Å². The van der Waals surface area contributed by atoms with Gasteiger partial charge in [-0.05, 0) is 56.4 Å². The van der Waals surface area contributed by atoms with Crippen molar-refractivity contribution in [3.05, 3.63) is 103 Å². The first-order valence-corrected chi connectivity index (χ1v) is 10.8. The van der Waals surface area contributed by atoms with Crippen molar-refractivity contribution in [3.8, 4) is 39.5 Å². The molecule has 0 spiro atoms. The third kappa shape index (κ3) is 2.90. The van der Waals surface area contributed by atoms with E-state index in [-0.39, 0.29) is 17.2 Å². The van der Waals surface area contributed by atoms with Crippen molar-refractivity contribution >= 4 is 32.3 Å². The molecule has 3 heteroatoms. The van der Waals surface area contributed by atoms with Crippen LogP contribution in [0.3, 0.4) is 0 Å². The van der Waals surface area contributed by atoms with E-state index < -0.39 is 0 Å².